The fourth-order valence-corrected chi connectivity index (χ4v) is 2.12. The average Bonchev–Trinajstić information content (AvgIpc) is 2.56. The summed E-state index contributed by atoms with van der Waals surface area (Å²) in [5.74, 6) is -1.82. The molecule has 1 amide bonds. The Morgan fingerprint density at radius 3 is 2.36 bits per heavy atom. The number of anilines is 1. The van der Waals surface area contributed by atoms with Gasteiger partial charge < -0.3 is 5.32 Å². The molecule has 1 aromatic heterocycles. The summed E-state index contributed by atoms with van der Waals surface area (Å²) in [6, 6.07) is 12.4. The van der Waals surface area contributed by atoms with Gasteiger partial charge in [-0.2, -0.15) is 0 Å². The Morgan fingerprint density at radius 1 is 1.14 bits per heavy atom. The minimum Gasteiger partial charge on any atom is -0.325 e. The molecular weight excluding hydrogens is 276 g/mol. The number of amides is 1. The molecule has 1 heterocycles. The molecule has 1 N–H and O–H groups in total. The smallest absolute Gasteiger partial charge is 0.239 e. The number of aromatic nitrogens is 1. The maximum atomic E-state index is 12.6. The molecule has 0 saturated carbocycles. The van der Waals surface area contributed by atoms with Gasteiger partial charge in [-0.05, 0) is 29.8 Å². The summed E-state index contributed by atoms with van der Waals surface area (Å²) in [6.45, 7) is 5.37. The standard InChI is InChI=1S/C18H18N2O2/c1-3-13(2)17(21)16(14-9-11-19-12-10-14)18(22)20-15-7-5-4-6-8-15/h3-13,16H,1H2,2H3,(H,20,22). The Balaban J connectivity index is 2.30. The highest BCUT2D eigenvalue weighted by Gasteiger charge is 2.30. The highest BCUT2D eigenvalue weighted by atomic mass is 16.2. The van der Waals surface area contributed by atoms with Crippen LogP contribution in [0, 0.1) is 5.92 Å². The molecule has 2 rings (SSSR count). The van der Waals surface area contributed by atoms with E-state index < -0.39 is 11.8 Å². The zero-order valence-corrected chi connectivity index (χ0v) is 12.4. The number of para-hydroxylation sites is 1. The lowest BCUT2D eigenvalue weighted by atomic mass is 9.88. The summed E-state index contributed by atoms with van der Waals surface area (Å²) in [4.78, 5) is 29.1. The molecule has 1 aromatic carbocycles. The summed E-state index contributed by atoms with van der Waals surface area (Å²) >= 11 is 0. The molecule has 0 saturated heterocycles. The van der Waals surface area contributed by atoms with Gasteiger partial charge in [-0.15, -0.1) is 6.58 Å². The minimum absolute atomic E-state index is 0.186. The topological polar surface area (TPSA) is 59.1 Å². The van der Waals surface area contributed by atoms with Crippen LogP contribution in [0.15, 0.2) is 67.5 Å². The van der Waals surface area contributed by atoms with E-state index in [0.29, 0.717) is 11.3 Å². The van der Waals surface area contributed by atoms with Crippen molar-refractivity contribution in [3.8, 4) is 0 Å². The third-order valence-electron chi connectivity index (χ3n) is 3.43. The molecule has 0 radical (unpaired) electrons. The second kappa shape index (κ2) is 7.31. The SMILES string of the molecule is C=CC(C)C(=O)C(C(=O)Nc1ccccc1)c1ccncc1. The van der Waals surface area contributed by atoms with Gasteiger partial charge in [0.1, 0.15) is 5.92 Å². The molecule has 112 valence electrons. The van der Waals surface area contributed by atoms with Crippen molar-refractivity contribution < 1.29 is 9.59 Å². The molecule has 22 heavy (non-hydrogen) atoms. The van der Waals surface area contributed by atoms with Gasteiger partial charge in [0.25, 0.3) is 0 Å². The molecule has 0 aliphatic carbocycles. The number of nitrogens with zero attached hydrogens (tertiary/aromatic N) is 1. The predicted molar refractivity (Wildman–Crippen MR) is 86.4 cm³/mol. The molecule has 0 fully saturated rings. The maximum Gasteiger partial charge on any atom is 0.239 e. The third kappa shape index (κ3) is 3.67. The minimum atomic E-state index is -0.879. The Labute approximate surface area is 129 Å². The number of allylic oxidation sites excluding steroid dienone is 1. The first kappa shape index (κ1) is 15.6. The monoisotopic (exact) mass is 294 g/mol. The van der Waals surface area contributed by atoms with Crippen molar-refractivity contribution in [2.75, 3.05) is 5.32 Å². The Kier molecular flexibility index (Phi) is 5.20. The fraction of sp³-hybridized carbons (Fsp3) is 0.167. The first-order chi connectivity index (χ1) is 10.6. The van der Waals surface area contributed by atoms with Gasteiger partial charge in [0.05, 0.1) is 0 Å². The fourth-order valence-electron chi connectivity index (χ4n) is 2.12. The van der Waals surface area contributed by atoms with Crippen LogP contribution >= 0.6 is 0 Å². The average molecular weight is 294 g/mol. The lowest BCUT2D eigenvalue weighted by molar-refractivity contribution is -0.129. The summed E-state index contributed by atoms with van der Waals surface area (Å²) in [7, 11) is 0. The number of ketones is 1. The second-order valence-electron chi connectivity index (χ2n) is 5.00. The summed E-state index contributed by atoms with van der Waals surface area (Å²) in [5, 5.41) is 2.79. The Hall–Kier alpha value is -2.75. The van der Waals surface area contributed by atoms with Crippen molar-refractivity contribution in [1.82, 2.24) is 4.98 Å². The number of nitrogens with one attached hydrogen (secondary N) is 1. The molecule has 0 aliphatic heterocycles. The molecular formula is C18H18N2O2. The quantitative estimate of drug-likeness (QED) is 0.657. The van der Waals surface area contributed by atoms with E-state index in [-0.39, 0.29) is 11.7 Å². The van der Waals surface area contributed by atoms with Crippen LogP contribution in [0.5, 0.6) is 0 Å². The first-order valence-corrected chi connectivity index (χ1v) is 7.05. The van der Waals surface area contributed by atoms with E-state index in [1.54, 1.807) is 49.7 Å². The van der Waals surface area contributed by atoms with Crippen LogP contribution < -0.4 is 5.32 Å². The van der Waals surface area contributed by atoms with Crippen LogP contribution in [0.2, 0.25) is 0 Å². The summed E-state index contributed by atoms with van der Waals surface area (Å²) in [5.41, 5.74) is 1.28. The zero-order chi connectivity index (χ0) is 15.9. The number of rotatable bonds is 6. The summed E-state index contributed by atoms with van der Waals surface area (Å²) < 4.78 is 0. The van der Waals surface area contributed by atoms with Crippen LogP contribution in [0.4, 0.5) is 5.69 Å². The van der Waals surface area contributed by atoms with Crippen LogP contribution in [-0.2, 0) is 9.59 Å². The molecule has 2 unspecified atom stereocenters. The number of hydrogen-bond donors (Lipinski definition) is 1. The van der Waals surface area contributed by atoms with Crippen molar-refractivity contribution in [2.24, 2.45) is 5.92 Å². The molecule has 0 bridgehead atoms. The first-order valence-electron chi connectivity index (χ1n) is 7.05. The van der Waals surface area contributed by atoms with Crippen molar-refractivity contribution in [1.29, 1.82) is 0 Å². The number of carbonyl (C=O) groups excluding carboxylic acids is 2. The lowest BCUT2D eigenvalue weighted by Crippen LogP contribution is -2.30. The number of pyridine rings is 1. The Morgan fingerprint density at radius 2 is 1.77 bits per heavy atom. The van der Waals surface area contributed by atoms with Crippen molar-refractivity contribution in [2.45, 2.75) is 12.8 Å². The van der Waals surface area contributed by atoms with E-state index in [2.05, 4.69) is 16.9 Å². The van der Waals surface area contributed by atoms with E-state index in [0.717, 1.165) is 0 Å². The molecule has 2 aromatic rings. The van der Waals surface area contributed by atoms with E-state index in [1.807, 2.05) is 18.2 Å². The van der Waals surface area contributed by atoms with Crippen LogP contribution in [-0.4, -0.2) is 16.7 Å². The van der Waals surface area contributed by atoms with E-state index in [9.17, 15) is 9.59 Å². The number of benzene rings is 1. The van der Waals surface area contributed by atoms with Gasteiger partial charge in [-0.25, -0.2) is 0 Å². The Bertz CT molecular complexity index is 653. The van der Waals surface area contributed by atoms with Crippen LogP contribution in [0.1, 0.15) is 18.4 Å². The van der Waals surface area contributed by atoms with E-state index >= 15 is 0 Å². The van der Waals surface area contributed by atoms with Crippen molar-refractivity contribution in [3.05, 3.63) is 73.1 Å². The van der Waals surface area contributed by atoms with Gasteiger partial charge in [0, 0.05) is 24.0 Å². The van der Waals surface area contributed by atoms with Crippen LogP contribution in [0.25, 0.3) is 0 Å². The molecule has 0 aliphatic rings. The maximum absolute atomic E-state index is 12.6. The van der Waals surface area contributed by atoms with E-state index in [1.165, 1.54) is 0 Å². The van der Waals surface area contributed by atoms with Crippen molar-refractivity contribution >= 4 is 17.4 Å². The van der Waals surface area contributed by atoms with Gasteiger partial charge in [-0.1, -0.05) is 31.2 Å². The third-order valence-corrected chi connectivity index (χ3v) is 3.43. The van der Waals surface area contributed by atoms with Gasteiger partial charge in [0.15, 0.2) is 5.78 Å². The normalized spacial score (nSPS) is 13.0. The molecule has 4 nitrogen and oxygen atoms in total. The number of Topliss-reactive ketones (excluding diaryl/α,β-unsaturated/α-hetero) is 1. The molecule has 0 spiro atoms. The predicted octanol–water partition coefficient (Wildman–Crippen LogP) is 3.20. The lowest BCUT2D eigenvalue weighted by Gasteiger charge is -2.18. The zero-order valence-electron chi connectivity index (χ0n) is 12.4. The summed E-state index contributed by atoms with van der Waals surface area (Å²) in [6.07, 6.45) is 4.69. The van der Waals surface area contributed by atoms with Gasteiger partial charge in [0.2, 0.25) is 5.91 Å². The number of carbonyl (C=O) groups is 2. The molecule has 2 atom stereocenters. The van der Waals surface area contributed by atoms with Crippen molar-refractivity contribution in [3.63, 3.8) is 0 Å². The van der Waals surface area contributed by atoms with Gasteiger partial charge >= 0.3 is 0 Å². The highest BCUT2D eigenvalue weighted by molar-refractivity contribution is 6.12. The number of hydrogen-bond acceptors (Lipinski definition) is 3. The van der Waals surface area contributed by atoms with Gasteiger partial charge in [-0.3, -0.25) is 14.6 Å². The van der Waals surface area contributed by atoms with Crippen LogP contribution in [0.3, 0.4) is 0 Å². The second-order valence-corrected chi connectivity index (χ2v) is 5.00. The van der Waals surface area contributed by atoms with E-state index in [4.69, 9.17) is 0 Å². The molecule has 4 heteroatoms. The largest absolute Gasteiger partial charge is 0.325 e. The highest BCUT2D eigenvalue weighted by Crippen LogP contribution is 2.23.